The Morgan fingerprint density at radius 1 is 1.00 bits per heavy atom. The minimum atomic E-state index is -4.29. The fourth-order valence-corrected chi connectivity index (χ4v) is 2.50. The van der Waals surface area contributed by atoms with E-state index in [0.29, 0.717) is 12.0 Å². The Kier molecular flexibility index (Phi) is 4.96. The number of rotatable bonds is 4. The fourth-order valence-electron chi connectivity index (χ4n) is 1.96. The van der Waals surface area contributed by atoms with Gasteiger partial charge in [0.2, 0.25) is 0 Å². The van der Waals surface area contributed by atoms with Gasteiger partial charge in [-0.15, -0.1) is 0 Å². The molecule has 0 aliphatic carbocycles. The van der Waals surface area contributed by atoms with Crippen molar-refractivity contribution in [2.24, 2.45) is 0 Å². The SMILES string of the molecule is Cc1ccc(CC(O)c2ccc(SC(F)(F)F)cc2)cc1. The van der Waals surface area contributed by atoms with Crippen molar-refractivity contribution in [2.75, 3.05) is 0 Å². The second-order valence-electron chi connectivity index (χ2n) is 4.82. The minimum absolute atomic E-state index is 0.119. The van der Waals surface area contributed by atoms with Gasteiger partial charge in [0, 0.05) is 11.3 Å². The average Bonchev–Trinajstić information content (AvgIpc) is 2.40. The summed E-state index contributed by atoms with van der Waals surface area (Å²) in [5.41, 5.74) is -1.55. The first-order valence-corrected chi connectivity index (χ1v) is 7.24. The molecular weight excluding hydrogens is 297 g/mol. The van der Waals surface area contributed by atoms with E-state index >= 15 is 0 Å². The minimum Gasteiger partial charge on any atom is -0.388 e. The van der Waals surface area contributed by atoms with Crippen LogP contribution >= 0.6 is 11.8 Å². The summed E-state index contributed by atoms with van der Waals surface area (Å²) in [6.45, 7) is 1.98. The molecule has 112 valence electrons. The highest BCUT2D eigenvalue weighted by Gasteiger charge is 2.29. The maximum Gasteiger partial charge on any atom is 0.446 e. The lowest BCUT2D eigenvalue weighted by atomic mass is 10.0. The van der Waals surface area contributed by atoms with Crippen molar-refractivity contribution in [1.29, 1.82) is 0 Å². The second kappa shape index (κ2) is 6.54. The van der Waals surface area contributed by atoms with Crippen LogP contribution in [0.2, 0.25) is 0 Å². The zero-order valence-electron chi connectivity index (χ0n) is 11.4. The molecular formula is C16H15F3OS. The number of thioether (sulfide) groups is 1. The first-order valence-electron chi connectivity index (χ1n) is 6.43. The Morgan fingerprint density at radius 2 is 1.57 bits per heavy atom. The van der Waals surface area contributed by atoms with E-state index in [4.69, 9.17) is 0 Å². The van der Waals surface area contributed by atoms with Crippen LogP contribution in [0, 0.1) is 6.92 Å². The second-order valence-corrected chi connectivity index (χ2v) is 5.96. The Morgan fingerprint density at radius 3 is 2.10 bits per heavy atom. The third kappa shape index (κ3) is 5.10. The number of aryl methyl sites for hydroxylation is 1. The Hall–Kier alpha value is -1.46. The van der Waals surface area contributed by atoms with Gasteiger partial charge in [0.05, 0.1) is 6.10 Å². The van der Waals surface area contributed by atoms with Gasteiger partial charge in [-0.25, -0.2) is 0 Å². The first kappa shape index (κ1) is 15.9. The molecule has 1 unspecified atom stereocenters. The molecule has 0 bridgehead atoms. The number of hydrogen-bond acceptors (Lipinski definition) is 2. The maximum absolute atomic E-state index is 12.2. The van der Waals surface area contributed by atoms with E-state index in [-0.39, 0.29) is 16.7 Å². The van der Waals surface area contributed by atoms with Crippen LogP contribution in [-0.4, -0.2) is 10.6 Å². The summed E-state index contributed by atoms with van der Waals surface area (Å²) in [5, 5.41) is 10.1. The molecule has 2 rings (SSSR count). The molecule has 2 aromatic rings. The zero-order chi connectivity index (χ0) is 15.5. The quantitative estimate of drug-likeness (QED) is 0.812. The molecule has 0 radical (unpaired) electrons. The third-order valence-electron chi connectivity index (χ3n) is 3.05. The largest absolute Gasteiger partial charge is 0.446 e. The molecule has 0 aliphatic heterocycles. The third-order valence-corrected chi connectivity index (χ3v) is 3.79. The lowest BCUT2D eigenvalue weighted by Crippen LogP contribution is -2.02. The Labute approximate surface area is 125 Å². The van der Waals surface area contributed by atoms with Crippen molar-refractivity contribution in [3.05, 3.63) is 65.2 Å². The van der Waals surface area contributed by atoms with E-state index < -0.39 is 11.6 Å². The monoisotopic (exact) mass is 312 g/mol. The van der Waals surface area contributed by atoms with Crippen LogP contribution in [0.25, 0.3) is 0 Å². The van der Waals surface area contributed by atoms with Gasteiger partial charge >= 0.3 is 5.51 Å². The van der Waals surface area contributed by atoms with E-state index in [1.54, 1.807) is 0 Å². The highest BCUT2D eigenvalue weighted by molar-refractivity contribution is 8.00. The molecule has 0 saturated carbocycles. The smallest absolute Gasteiger partial charge is 0.388 e. The van der Waals surface area contributed by atoms with E-state index in [1.165, 1.54) is 24.3 Å². The summed E-state index contributed by atoms with van der Waals surface area (Å²) in [4.78, 5) is 0.119. The zero-order valence-corrected chi connectivity index (χ0v) is 12.2. The molecule has 0 spiro atoms. The Balaban J connectivity index is 2.02. The molecule has 0 fully saturated rings. The summed E-state index contributed by atoms with van der Waals surface area (Å²) in [7, 11) is 0. The summed E-state index contributed by atoms with van der Waals surface area (Å²) in [5.74, 6) is 0. The molecule has 1 atom stereocenters. The highest BCUT2D eigenvalue weighted by Crippen LogP contribution is 2.37. The Bertz CT molecular complexity index is 576. The van der Waals surface area contributed by atoms with Crippen molar-refractivity contribution < 1.29 is 18.3 Å². The van der Waals surface area contributed by atoms with Crippen LogP contribution in [0.15, 0.2) is 53.4 Å². The van der Waals surface area contributed by atoms with Gasteiger partial charge < -0.3 is 5.11 Å². The van der Waals surface area contributed by atoms with Crippen LogP contribution in [0.3, 0.4) is 0 Å². The van der Waals surface area contributed by atoms with E-state index in [0.717, 1.165) is 11.1 Å². The highest BCUT2D eigenvalue weighted by atomic mass is 32.2. The van der Waals surface area contributed by atoms with Gasteiger partial charge in [-0.3, -0.25) is 0 Å². The number of aliphatic hydroxyl groups excluding tert-OH is 1. The normalized spacial score (nSPS) is 13.2. The van der Waals surface area contributed by atoms with Gasteiger partial charge in [0.1, 0.15) is 0 Å². The molecule has 5 heteroatoms. The molecule has 0 aliphatic rings. The molecule has 0 saturated heterocycles. The van der Waals surface area contributed by atoms with E-state index in [2.05, 4.69) is 0 Å². The van der Waals surface area contributed by atoms with Crippen molar-refractivity contribution in [3.63, 3.8) is 0 Å². The molecule has 0 amide bonds. The molecule has 1 N–H and O–H groups in total. The summed E-state index contributed by atoms with van der Waals surface area (Å²) < 4.78 is 36.7. The van der Waals surface area contributed by atoms with Gasteiger partial charge in [0.15, 0.2) is 0 Å². The van der Waals surface area contributed by atoms with Gasteiger partial charge in [-0.1, -0.05) is 42.0 Å². The van der Waals surface area contributed by atoms with Crippen molar-refractivity contribution in [1.82, 2.24) is 0 Å². The first-order chi connectivity index (χ1) is 9.83. The standard InChI is InChI=1S/C16H15F3OS/c1-11-2-4-12(5-3-11)10-15(20)13-6-8-14(9-7-13)21-16(17,18)19/h2-9,15,20H,10H2,1H3. The van der Waals surface area contributed by atoms with Gasteiger partial charge in [-0.2, -0.15) is 13.2 Å². The van der Waals surface area contributed by atoms with Crippen molar-refractivity contribution in [2.45, 2.75) is 29.9 Å². The number of benzene rings is 2. The predicted molar refractivity (Wildman–Crippen MR) is 78.2 cm³/mol. The van der Waals surface area contributed by atoms with Crippen LogP contribution in [0.4, 0.5) is 13.2 Å². The number of aliphatic hydroxyl groups is 1. The average molecular weight is 312 g/mol. The van der Waals surface area contributed by atoms with Crippen molar-refractivity contribution in [3.8, 4) is 0 Å². The topological polar surface area (TPSA) is 20.2 Å². The van der Waals surface area contributed by atoms with Crippen LogP contribution < -0.4 is 0 Å². The van der Waals surface area contributed by atoms with E-state index in [9.17, 15) is 18.3 Å². The summed E-state index contributed by atoms with van der Waals surface area (Å²) in [6.07, 6.45) is -0.288. The number of alkyl halides is 3. The lowest BCUT2D eigenvalue weighted by molar-refractivity contribution is -0.0328. The molecule has 21 heavy (non-hydrogen) atoms. The fraction of sp³-hybridized carbons (Fsp3) is 0.250. The van der Waals surface area contributed by atoms with Crippen LogP contribution in [0.5, 0.6) is 0 Å². The maximum atomic E-state index is 12.2. The van der Waals surface area contributed by atoms with Gasteiger partial charge in [-0.05, 0) is 41.9 Å². The lowest BCUT2D eigenvalue weighted by Gasteiger charge is -2.12. The van der Waals surface area contributed by atoms with E-state index in [1.807, 2.05) is 31.2 Å². The summed E-state index contributed by atoms with van der Waals surface area (Å²) >= 11 is -0.155. The van der Waals surface area contributed by atoms with Crippen molar-refractivity contribution >= 4 is 11.8 Å². The number of halogens is 3. The predicted octanol–water partition coefficient (Wildman–Crippen LogP) is 4.88. The molecule has 0 heterocycles. The van der Waals surface area contributed by atoms with Gasteiger partial charge in [0.25, 0.3) is 0 Å². The summed E-state index contributed by atoms with van der Waals surface area (Å²) in [6, 6.07) is 13.6. The van der Waals surface area contributed by atoms with Crippen LogP contribution in [0.1, 0.15) is 22.8 Å². The number of hydrogen-bond donors (Lipinski definition) is 1. The van der Waals surface area contributed by atoms with Crippen LogP contribution in [-0.2, 0) is 6.42 Å². The molecule has 0 aromatic heterocycles. The molecule has 1 nitrogen and oxygen atoms in total. The molecule has 2 aromatic carbocycles.